The Bertz CT molecular complexity index is 617. The van der Waals surface area contributed by atoms with Crippen molar-refractivity contribution < 1.29 is 9.47 Å². The van der Waals surface area contributed by atoms with E-state index >= 15 is 0 Å². The highest BCUT2D eigenvalue weighted by Crippen LogP contribution is 2.39. The minimum atomic E-state index is -0.0755. The van der Waals surface area contributed by atoms with Gasteiger partial charge in [-0.25, -0.2) is 0 Å². The third-order valence-electron chi connectivity index (χ3n) is 2.93. The van der Waals surface area contributed by atoms with Gasteiger partial charge >= 0.3 is 0 Å². The highest BCUT2D eigenvalue weighted by molar-refractivity contribution is 9.09. The average Bonchev–Trinajstić information content (AvgIpc) is 2.48. The molecule has 0 aromatic heterocycles. The fraction of sp³-hybridized carbons (Fsp3) is 0.200. The molecule has 0 aliphatic carbocycles. The molecule has 2 aromatic carbocycles. The quantitative estimate of drug-likeness (QED) is 0.657. The third kappa shape index (κ3) is 3.22. The van der Waals surface area contributed by atoms with Crippen LogP contribution in [0.1, 0.15) is 16.0 Å². The summed E-state index contributed by atoms with van der Waals surface area (Å²) in [6.45, 7) is 0. The molecule has 0 N–H and O–H groups in total. The number of hydrogen-bond donors (Lipinski definition) is 0. The maximum Gasteiger partial charge on any atom is 0.161 e. The van der Waals surface area contributed by atoms with Gasteiger partial charge < -0.3 is 9.47 Å². The van der Waals surface area contributed by atoms with E-state index in [9.17, 15) is 0 Å². The van der Waals surface area contributed by atoms with Crippen molar-refractivity contribution in [3.63, 3.8) is 0 Å². The molecule has 0 heterocycles. The van der Waals surface area contributed by atoms with Crippen LogP contribution in [0.4, 0.5) is 0 Å². The zero-order valence-corrected chi connectivity index (χ0v) is 14.1. The Morgan fingerprint density at radius 3 is 2.30 bits per heavy atom. The van der Waals surface area contributed by atoms with E-state index in [4.69, 9.17) is 32.7 Å². The van der Waals surface area contributed by atoms with Gasteiger partial charge in [-0.15, -0.1) is 0 Å². The van der Waals surface area contributed by atoms with Crippen LogP contribution >= 0.6 is 39.1 Å². The second-order valence-electron chi connectivity index (χ2n) is 4.14. The molecule has 0 bridgehead atoms. The first-order chi connectivity index (χ1) is 9.56. The number of methoxy groups -OCH3 is 2. The van der Waals surface area contributed by atoms with Gasteiger partial charge in [0.15, 0.2) is 11.5 Å². The standard InChI is InChI=1S/C15H13BrCl2O2/c1-19-13-6-3-9(7-14(13)20-2)15(16)11-8-10(17)4-5-12(11)18/h3-8,15H,1-2H3. The van der Waals surface area contributed by atoms with Crippen LogP contribution in [0.3, 0.4) is 0 Å². The molecule has 1 atom stereocenters. The number of ether oxygens (including phenoxy) is 2. The molecule has 0 radical (unpaired) electrons. The van der Waals surface area contributed by atoms with Crippen LogP contribution in [-0.2, 0) is 0 Å². The zero-order chi connectivity index (χ0) is 14.7. The summed E-state index contributed by atoms with van der Waals surface area (Å²) in [5.74, 6) is 1.36. The smallest absolute Gasteiger partial charge is 0.161 e. The summed E-state index contributed by atoms with van der Waals surface area (Å²) in [7, 11) is 3.22. The van der Waals surface area contributed by atoms with Crippen LogP contribution in [0.2, 0.25) is 10.0 Å². The van der Waals surface area contributed by atoms with Crippen molar-refractivity contribution in [2.24, 2.45) is 0 Å². The van der Waals surface area contributed by atoms with Crippen molar-refractivity contribution in [3.05, 3.63) is 57.6 Å². The van der Waals surface area contributed by atoms with E-state index in [2.05, 4.69) is 15.9 Å². The fourth-order valence-electron chi connectivity index (χ4n) is 1.90. The molecule has 0 fully saturated rings. The summed E-state index contributed by atoms with van der Waals surface area (Å²) in [6, 6.07) is 11.1. The van der Waals surface area contributed by atoms with E-state index in [-0.39, 0.29) is 4.83 Å². The molecule has 0 saturated carbocycles. The van der Waals surface area contributed by atoms with E-state index in [1.54, 1.807) is 26.4 Å². The van der Waals surface area contributed by atoms with Gasteiger partial charge in [0, 0.05) is 10.0 Å². The van der Waals surface area contributed by atoms with Crippen molar-refractivity contribution in [1.82, 2.24) is 0 Å². The van der Waals surface area contributed by atoms with E-state index < -0.39 is 0 Å². The molecular formula is C15H13BrCl2O2. The SMILES string of the molecule is COc1ccc(C(Br)c2cc(Cl)ccc2Cl)cc1OC. The van der Waals surface area contributed by atoms with Crippen LogP contribution in [0.25, 0.3) is 0 Å². The van der Waals surface area contributed by atoms with Gasteiger partial charge in [0.25, 0.3) is 0 Å². The van der Waals surface area contributed by atoms with E-state index in [1.807, 2.05) is 24.3 Å². The predicted molar refractivity (Wildman–Crippen MR) is 86.8 cm³/mol. The molecule has 0 aliphatic heterocycles. The highest BCUT2D eigenvalue weighted by Gasteiger charge is 2.16. The van der Waals surface area contributed by atoms with Gasteiger partial charge in [-0.2, -0.15) is 0 Å². The maximum atomic E-state index is 6.23. The average molecular weight is 376 g/mol. The molecule has 2 rings (SSSR count). The molecule has 0 saturated heterocycles. The lowest BCUT2D eigenvalue weighted by molar-refractivity contribution is 0.354. The maximum absolute atomic E-state index is 6.23. The summed E-state index contributed by atoms with van der Waals surface area (Å²) in [4.78, 5) is -0.0755. The molecule has 0 aliphatic rings. The van der Waals surface area contributed by atoms with Gasteiger partial charge in [-0.3, -0.25) is 0 Å². The van der Waals surface area contributed by atoms with E-state index in [1.165, 1.54) is 0 Å². The van der Waals surface area contributed by atoms with Gasteiger partial charge in [0.05, 0.1) is 19.0 Å². The Morgan fingerprint density at radius 1 is 0.950 bits per heavy atom. The lowest BCUT2D eigenvalue weighted by atomic mass is 10.0. The first-order valence-electron chi connectivity index (χ1n) is 5.87. The van der Waals surface area contributed by atoms with Gasteiger partial charge in [0.1, 0.15) is 0 Å². The molecule has 106 valence electrons. The topological polar surface area (TPSA) is 18.5 Å². The van der Waals surface area contributed by atoms with Gasteiger partial charge in [0.2, 0.25) is 0 Å². The molecule has 1 unspecified atom stereocenters. The molecular weight excluding hydrogens is 363 g/mol. The number of alkyl halides is 1. The van der Waals surface area contributed by atoms with Gasteiger partial charge in [-0.1, -0.05) is 45.2 Å². The largest absolute Gasteiger partial charge is 0.493 e. The number of hydrogen-bond acceptors (Lipinski definition) is 2. The molecule has 5 heteroatoms. The molecule has 20 heavy (non-hydrogen) atoms. The monoisotopic (exact) mass is 374 g/mol. The Hall–Kier alpha value is -0.900. The Morgan fingerprint density at radius 2 is 1.65 bits per heavy atom. The number of benzene rings is 2. The van der Waals surface area contributed by atoms with Gasteiger partial charge in [-0.05, 0) is 41.5 Å². The van der Waals surface area contributed by atoms with Crippen molar-refractivity contribution in [2.75, 3.05) is 14.2 Å². The van der Waals surface area contributed by atoms with Crippen LogP contribution < -0.4 is 9.47 Å². The molecule has 0 amide bonds. The fourth-order valence-corrected chi connectivity index (χ4v) is 3.10. The number of halogens is 3. The Balaban J connectivity index is 2.42. The minimum Gasteiger partial charge on any atom is -0.493 e. The summed E-state index contributed by atoms with van der Waals surface area (Å²) < 4.78 is 10.5. The summed E-state index contributed by atoms with van der Waals surface area (Å²) in [5, 5.41) is 1.31. The van der Waals surface area contributed by atoms with Crippen LogP contribution in [0.5, 0.6) is 11.5 Å². The minimum absolute atomic E-state index is 0.0755. The third-order valence-corrected chi connectivity index (χ3v) is 4.53. The van der Waals surface area contributed by atoms with Crippen molar-refractivity contribution in [1.29, 1.82) is 0 Å². The lowest BCUT2D eigenvalue weighted by Gasteiger charge is -2.15. The molecule has 2 nitrogen and oxygen atoms in total. The number of rotatable bonds is 4. The molecule has 2 aromatic rings. The predicted octanol–water partition coefficient (Wildman–Crippen LogP) is 5.49. The van der Waals surface area contributed by atoms with E-state index in [0.717, 1.165) is 11.1 Å². The summed E-state index contributed by atoms with van der Waals surface area (Å²) in [5.41, 5.74) is 1.92. The second-order valence-corrected chi connectivity index (χ2v) is 5.90. The second kappa shape index (κ2) is 6.70. The first kappa shape index (κ1) is 15.5. The zero-order valence-electron chi connectivity index (χ0n) is 11.0. The Labute approximate surface area is 136 Å². The first-order valence-corrected chi connectivity index (χ1v) is 7.55. The molecule has 0 spiro atoms. The van der Waals surface area contributed by atoms with Crippen LogP contribution in [0, 0.1) is 0 Å². The van der Waals surface area contributed by atoms with Crippen molar-refractivity contribution >= 4 is 39.1 Å². The van der Waals surface area contributed by atoms with E-state index in [0.29, 0.717) is 21.5 Å². The summed E-state index contributed by atoms with van der Waals surface area (Å²) in [6.07, 6.45) is 0. The van der Waals surface area contributed by atoms with Crippen molar-refractivity contribution in [3.8, 4) is 11.5 Å². The highest BCUT2D eigenvalue weighted by atomic mass is 79.9. The van der Waals surface area contributed by atoms with Crippen LogP contribution in [0.15, 0.2) is 36.4 Å². The van der Waals surface area contributed by atoms with Crippen molar-refractivity contribution in [2.45, 2.75) is 4.83 Å². The van der Waals surface area contributed by atoms with Crippen LogP contribution in [-0.4, -0.2) is 14.2 Å². The lowest BCUT2D eigenvalue weighted by Crippen LogP contribution is -1.97. The summed E-state index contributed by atoms with van der Waals surface area (Å²) >= 11 is 15.9. The Kier molecular flexibility index (Phi) is 5.19. The normalized spacial score (nSPS) is 12.1.